The van der Waals surface area contributed by atoms with Gasteiger partial charge in [0.2, 0.25) is 0 Å². The lowest BCUT2D eigenvalue weighted by Gasteiger charge is -2.32. The first-order valence-corrected chi connectivity index (χ1v) is 8.98. The van der Waals surface area contributed by atoms with Crippen LogP contribution in [-0.2, 0) is 17.6 Å². The summed E-state index contributed by atoms with van der Waals surface area (Å²) in [5, 5.41) is 0. The summed E-state index contributed by atoms with van der Waals surface area (Å²) < 4.78 is 6.69. The normalized spacial score (nSPS) is 20.1. The molecule has 0 saturated heterocycles. The highest BCUT2D eigenvalue weighted by Crippen LogP contribution is 2.32. The van der Waals surface area contributed by atoms with Crippen LogP contribution >= 0.6 is 12.2 Å². The minimum atomic E-state index is -0.162. The monoisotopic (exact) mass is 344 g/mol. The summed E-state index contributed by atoms with van der Waals surface area (Å²) in [6.07, 6.45) is 3.40. The van der Waals surface area contributed by atoms with Crippen molar-refractivity contribution in [1.29, 1.82) is 0 Å². The molecule has 2 aromatic rings. The van der Waals surface area contributed by atoms with Crippen LogP contribution in [0.25, 0.3) is 0 Å². The van der Waals surface area contributed by atoms with Gasteiger partial charge in [-0.1, -0.05) is 44.2 Å². The van der Waals surface area contributed by atoms with Crippen molar-refractivity contribution < 1.29 is 4.74 Å². The first-order chi connectivity index (χ1) is 11.5. The number of aromatic amines is 2. The Kier molecular flexibility index (Phi) is 5.31. The van der Waals surface area contributed by atoms with Crippen LogP contribution < -0.4 is 5.56 Å². The van der Waals surface area contributed by atoms with Crippen LogP contribution in [-0.4, -0.2) is 16.1 Å². The molecule has 2 atom stereocenters. The molecule has 0 bridgehead atoms. The van der Waals surface area contributed by atoms with Gasteiger partial charge in [-0.2, -0.15) is 0 Å². The average Bonchev–Trinajstić information content (AvgIpc) is 2.52. The number of H-pyrrole nitrogens is 2. The predicted octanol–water partition coefficient (Wildman–Crippen LogP) is 4.09. The van der Waals surface area contributed by atoms with E-state index in [1.165, 1.54) is 5.56 Å². The Labute approximate surface area is 147 Å². The van der Waals surface area contributed by atoms with Gasteiger partial charge in [0.05, 0.1) is 17.8 Å². The first-order valence-electron chi connectivity index (χ1n) is 8.57. The largest absolute Gasteiger partial charge is 0.370 e. The maximum absolute atomic E-state index is 12.3. The van der Waals surface area contributed by atoms with E-state index in [4.69, 9.17) is 17.0 Å². The number of rotatable bonds is 5. The second kappa shape index (κ2) is 7.45. The van der Waals surface area contributed by atoms with Crippen molar-refractivity contribution in [3.63, 3.8) is 0 Å². The van der Waals surface area contributed by atoms with Gasteiger partial charge >= 0.3 is 0 Å². The van der Waals surface area contributed by atoms with Crippen molar-refractivity contribution >= 4 is 12.2 Å². The van der Waals surface area contributed by atoms with Crippen LogP contribution in [0, 0.1) is 10.7 Å². The fourth-order valence-electron chi connectivity index (χ4n) is 3.36. The molecule has 24 heavy (non-hydrogen) atoms. The molecule has 5 heteroatoms. The van der Waals surface area contributed by atoms with E-state index in [0.29, 0.717) is 17.1 Å². The molecule has 0 spiro atoms. The minimum Gasteiger partial charge on any atom is -0.370 e. The van der Waals surface area contributed by atoms with Crippen molar-refractivity contribution in [2.45, 2.75) is 51.7 Å². The van der Waals surface area contributed by atoms with E-state index in [0.717, 1.165) is 30.5 Å². The number of aryl methyl sites for hydroxylation is 1. The Balaban J connectivity index is 1.81. The van der Waals surface area contributed by atoms with Gasteiger partial charge in [0.25, 0.3) is 5.56 Å². The van der Waals surface area contributed by atoms with E-state index in [9.17, 15) is 4.79 Å². The molecular weight excluding hydrogens is 320 g/mol. The van der Waals surface area contributed by atoms with Gasteiger partial charge < -0.3 is 9.72 Å². The van der Waals surface area contributed by atoms with Crippen molar-refractivity contribution in [3.8, 4) is 0 Å². The van der Waals surface area contributed by atoms with E-state index in [1.54, 1.807) is 0 Å². The smallest absolute Gasteiger partial charge is 0.257 e. The zero-order valence-electron chi connectivity index (χ0n) is 14.2. The number of hydrogen-bond donors (Lipinski definition) is 2. The Hall–Kier alpha value is -1.72. The number of fused-ring (bicyclic) bond motifs is 1. The fraction of sp³-hybridized carbons (Fsp3) is 0.474. The molecule has 3 rings (SSSR count). The lowest BCUT2D eigenvalue weighted by atomic mass is 9.92. The van der Waals surface area contributed by atoms with Crippen molar-refractivity contribution in [2.75, 3.05) is 0 Å². The van der Waals surface area contributed by atoms with Crippen LogP contribution in [0.15, 0.2) is 35.1 Å². The quantitative estimate of drug-likeness (QED) is 0.803. The summed E-state index contributed by atoms with van der Waals surface area (Å²) in [6, 6.07) is 10.4. The van der Waals surface area contributed by atoms with Crippen LogP contribution in [0.3, 0.4) is 0 Å². The van der Waals surface area contributed by atoms with Crippen LogP contribution in [0.1, 0.15) is 49.6 Å². The summed E-state index contributed by atoms with van der Waals surface area (Å²) in [4.78, 5) is 18.2. The van der Waals surface area contributed by atoms with E-state index >= 15 is 0 Å². The average molecular weight is 344 g/mol. The van der Waals surface area contributed by atoms with Gasteiger partial charge in [-0.15, -0.1) is 0 Å². The first kappa shape index (κ1) is 17.1. The molecular formula is C19H24N2O2S. The summed E-state index contributed by atoms with van der Waals surface area (Å²) in [5.74, 6) is 0.457. The standard InChI is InChI=1S/C19H24N2O2S/c1-12(2)10-16-17-15(20-19(24)21-18(17)22)11-14(23-16)9-8-13-6-4-3-5-7-13/h3-7,12,14,16H,8-11H2,1-2H3,(H2,20,21,22,24)/t14-,16+/m1/s1. The number of ether oxygens (including phenoxy) is 1. The van der Waals surface area contributed by atoms with Gasteiger partial charge in [-0.3, -0.25) is 9.78 Å². The molecule has 0 radical (unpaired) electrons. The molecule has 0 saturated carbocycles. The Bertz CT molecular complexity index is 795. The lowest BCUT2D eigenvalue weighted by Crippen LogP contribution is -2.34. The zero-order valence-corrected chi connectivity index (χ0v) is 15.0. The third-order valence-corrected chi connectivity index (χ3v) is 4.66. The Morgan fingerprint density at radius 3 is 2.71 bits per heavy atom. The van der Waals surface area contributed by atoms with E-state index in [-0.39, 0.29) is 17.8 Å². The highest BCUT2D eigenvalue weighted by molar-refractivity contribution is 7.71. The van der Waals surface area contributed by atoms with Gasteiger partial charge in [0, 0.05) is 12.1 Å². The maximum Gasteiger partial charge on any atom is 0.257 e. The molecule has 2 heterocycles. The van der Waals surface area contributed by atoms with Crippen molar-refractivity contribution in [1.82, 2.24) is 9.97 Å². The van der Waals surface area contributed by atoms with Crippen LogP contribution in [0.4, 0.5) is 0 Å². The van der Waals surface area contributed by atoms with Gasteiger partial charge in [0.1, 0.15) is 0 Å². The van der Waals surface area contributed by atoms with Crippen LogP contribution in [0.2, 0.25) is 0 Å². The zero-order chi connectivity index (χ0) is 17.1. The van der Waals surface area contributed by atoms with E-state index in [2.05, 4.69) is 48.1 Å². The van der Waals surface area contributed by atoms with Gasteiger partial charge in [0.15, 0.2) is 4.77 Å². The highest BCUT2D eigenvalue weighted by Gasteiger charge is 2.30. The third kappa shape index (κ3) is 4.02. The van der Waals surface area contributed by atoms with Gasteiger partial charge in [-0.25, -0.2) is 0 Å². The summed E-state index contributed by atoms with van der Waals surface area (Å²) in [5.41, 5.74) is 2.87. The molecule has 4 nitrogen and oxygen atoms in total. The number of nitrogens with one attached hydrogen (secondary N) is 2. The molecule has 1 aliphatic rings. The molecule has 0 fully saturated rings. The molecule has 1 aliphatic heterocycles. The predicted molar refractivity (Wildman–Crippen MR) is 97.8 cm³/mol. The molecule has 1 aromatic heterocycles. The SMILES string of the molecule is CC(C)C[C@@H]1O[C@H](CCc2ccccc2)Cc2[nH]c(=S)[nH]c(=O)c21. The Morgan fingerprint density at radius 1 is 1.25 bits per heavy atom. The van der Waals surface area contributed by atoms with Crippen molar-refractivity contribution in [2.24, 2.45) is 5.92 Å². The number of benzene rings is 1. The Morgan fingerprint density at radius 2 is 2.00 bits per heavy atom. The lowest BCUT2D eigenvalue weighted by molar-refractivity contribution is -0.0409. The second-order valence-corrected chi connectivity index (χ2v) is 7.31. The number of aromatic nitrogens is 2. The molecule has 0 aliphatic carbocycles. The van der Waals surface area contributed by atoms with E-state index < -0.39 is 0 Å². The maximum atomic E-state index is 12.3. The third-order valence-electron chi connectivity index (χ3n) is 4.46. The van der Waals surface area contributed by atoms with Crippen LogP contribution in [0.5, 0.6) is 0 Å². The molecule has 2 N–H and O–H groups in total. The minimum absolute atomic E-state index is 0.105. The fourth-order valence-corrected chi connectivity index (χ4v) is 3.58. The summed E-state index contributed by atoms with van der Waals surface area (Å²) >= 11 is 5.14. The number of hydrogen-bond acceptors (Lipinski definition) is 3. The molecule has 128 valence electrons. The molecule has 0 unspecified atom stereocenters. The second-order valence-electron chi connectivity index (χ2n) is 6.91. The molecule has 0 amide bonds. The van der Waals surface area contributed by atoms with Gasteiger partial charge in [-0.05, 0) is 43.0 Å². The van der Waals surface area contributed by atoms with E-state index in [1.807, 2.05) is 6.07 Å². The summed E-state index contributed by atoms with van der Waals surface area (Å²) in [7, 11) is 0. The molecule has 1 aromatic carbocycles. The van der Waals surface area contributed by atoms with Crippen molar-refractivity contribution in [3.05, 3.63) is 62.3 Å². The highest BCUT2D eigenvalue weighted by atomic mass is 32.1. The topological polar surface area (TPSA) is 57.9 Å². The summed E-state index contributed by atoms with van der Waals surface area (Å²) in [6.45, 7) is 4.30.